The Labute approximate surface area is 346 Å². The predicted octanol–water partition coefficient (Wildman–Crippen LogP) is 15.8. The molecule has 278 valence electrons. The van der Waals surface area contributed by atoms with Gasteiger partial charge in [-0.2, -0.15) is 0 Å². The topological polar surface area (TPSA) is 9.86 Å². The number of nitrogens with zero attached hydrogens (tertiary/aromatic N) is 2. The lowest BCUT2D eigenvalue weighted by atomic mass is 9.98. The van der Waals surface area contributed by atoms with Crippen molar-refractivity contribution in [3.05, 3.63) is 212 Å². The summed E-state index contributed by atoms with van der Waals surface area (Å²) in [7, 11) is 0. The molecule has 0 atom stereocenters. The van der Waals surface area contributed by atoms with Gasteiger partial charge in [0.15, 0.2) is 0 Å². The highest BCUT2D eigenvalue weighted by atomic mass is 32.1. The van der Waals surface area contributed by atoms with E-state index in [1.165, 1.54) is 109 Å². The van der Waals surface area contributed by atoms with E-state index in [2.05, 4.69) is 215 Å². The van der Waals surface area contributed by atoms with E-state index in [9.17, 15) is 0 Å². The van der Waals surface area contributed by atoms with E-state index in [4.69, 9.17) is 0 Å². The highest BCUT2D eigenvalue weighted by molar-refractivity contribution is 7.26. The maximum atomic E-state index is 2.45. The highest BCUT2D eigenvalue weighted by Gasteiger charge is 2.19. The molecule has 0 N–H and O–H groups in total. The zero-order chi connectivity index (χ0) is 38.9. The molecule has 0 fully saturated rings. The van der Waals surface area contributed by atoms with E-state index >= 15 is 0 Å². The highest BCUT2D eigenvalue weighted by Crippen LogP contribution is 2.43. The van der Waals surface area contributed by atoms with Crippen LogP contribution < -0.4 is 0 Å². The Balaban J connectivity index is 1.03. The third kappa shape index (κ3) is 5.54. The van der Waals surface area contributed by atoms with Crippen LogP contribution in [0, 0.1) is 0 Å². The molecule has 12 rings (SSSR count). The number of fused-ring (bicyclic) bond motifs is 9. The van der Waals surface area contributed by atoms with Gasteiger partial charge in [0.25, 0.3) is 0 Å². The first kappa shape index (κ1) is 33.9. The molecule has 2 aliphatic rings. The molecular weight excluding hydrogens is 733 g/mol. The van der Waals surface area contributed by atoms with E-state index in [0.717, 1.165) is 12.8 Å². The van der Waals surface area contributed by atoms with Crippen LogP contribution in [0.2, 0.25) is 0 Å². The molecule has 7 aromatic carbocycles. The minimum Gasteiger partial charge on any atom is -0.310 e. The summed E-state index contributed by atoms with van der Waals surface area (Å²) in [6, 6.07) is 54.5. The van der Waals surface area contributed by atoms with Gasteiger partial charge in [0, 0.05) is 53.1 Å². The summed E-state index contributed by atoms with van der Waals surface area (Å²) < 4.78 is 7.54. The Kier molecular flexibility index (Phi) is 7.89. The van der Waals surface area contributed by atoms with E-state index in [-0.39, 0.29) is 0 Å². The first-order valence-corrected chi connectivity index (χ1v) is 21.3. The second kappa shape index (κ2) is 13.7. The molecule has 10 aromatic rings. The van der Waals surface area contributed by atoms with Gasteiger partial charge in [-0.15, -0.1) is 11.3 Å². The van der Waals surface area contributed by atoms with Crippen molar-refractivity contribution in [2.75, 3.05) is 0 Å². The number of rotatable bonds is 5. The van der Waals surface area contributed by atoms with Gasteiger partial charge in [-0.25, -0.2) is 0 Å². The molecule has 0 radical (unpaired) electrons. The molecular formula is C56H38N2S. The van der Waals surface area contributed by atoms with E-state index in [1.54, 1.807) is 0 Å². The van der Waals surface area contributed by atoms with Crippen LogP contribution in [0.4, 0.5) is 0 Å². The summed E-state index contributed by atoms with van der Waals surface area (Å²) in [6.45, 7) is 0. The lowest BCUT2D eigenvalue weighted by molar-refractivity contribution is 1.18. The van der Waals surface area contributed by atoms with Gasteiger partial charge in [0.2, 0.25) is 0 Å². The zero-order valence-corrected chi connectivity index (χ0v) is 33.2. The average molecular weight is 771 g/mol. The van der Waals surface area contributed by atoms with Gasteiger partial charge in [-0.3, -0.25) is 0 Å². The second-order valence-electron chi connectivity index (χ2n) is 15.5. The Morgan fingerprint density at radius 3 is 1.86 bits per heavy atom. The molecule has 3 aromatic heterocycles. The quantitative estimate of drug-likeness (QED) is 0.165. The first-order chi connectivity index (χ1) is 29.3. The molecule has 59 heavy (non-hydrogen) atoms. The monoisotopic (exact) mass is 770 g/mol. The molecule has 0 amide bonds. The van der Waals surface area contributed by atoms with Gasteiger partial charge in [-0.05, 0) is 113 Å². The minimum absolute atomic E-state index is 0.901. The van der Waals surface area contributed by atoms with Crippen molar-refractivity contribution in [1.29, 1.82) is 0 Å². The fourth-order valence-corrected chi connectivity index (χ4v) is 10.6. The van der Waals surface area contributed by atoms with Crippen molar-refractivity contribution in [3.8, 4) is 27.9 Å². The van der Waals surface area contributed by atoms with Crippen LogP contribution in [0.25, 0.3) is 103 Å². The maximum absolute atomic E-state index is 2.45. The molecule has 0 bridgehead atoms. The second-order valence-corrected chi connectivity index (χ2v) is 16.6. The molecule has 2 aliphatic carbocycles. The summed E-state index contributed by atoms with van der Waals surface area (Å²) in [4.78, 5) is 0. The molecule has 0 saturated carbocycles. The molecule has 3 heteroatoms. The number of hydrogen-bond acceptors (Lipinski definition) is 1. The van der Waals surface area contributed by atoms with Gasteiger partial charge in [0.05, 0.1) is 22.1 Å². The minimum atomic E-state index is 0.901. The predicted molar refractivity (Wildman–Crippen MR) is 256 cm³/mol. The summed E-state index contributed by atoms with van der Waals surface area (Å²) in [5, 5.41) is 7.68. The molecule has 0 aliphatic heterocycles. The van der Waals surface area contributed by atoms with E-state index in [0.29, 0.717) is 0 Å². The Morgan fingerprint density at radius 1 is 0.407 bits per heavy atom. The van der Waals surface area contributed by atoms with Crippen molar-refractivity contribution in [2.45, 2.75) is 12.8 Å². The Bertz CT molecular complexity index is 3550. The molecule has 0 unspecified atom stereocenters. The summed E-state index contributed by atoms with van der Waals surface area (Å²) in [6.07, 6.45) is 23.9. The maximum Gasteiger partial charge on any atom is 0.0541 e. The van der Waals surface area contributed by atoms with Crippen molar-refractivity contribution in [1.82, 2.24) is 9.13 Å². The van der Waals surface area contributed by atoms with Crippen molar-refractivity contribution in [2.24, 2.45) is 0 Å². The van der Waals surface area contributed by atoms with Gasteiger partial charge < -0.3 is 9.13 Å². The summed E-state index contributed by atoms with van der Waals surface area (Å²) >= 11 is 1.89. The number of aromatic nitrogens is 2. The van der Waals surface area contributed by atoms with Crippen LogP contribution in [-0.4, -0.2) is 9.13 Å². The van der Waals surface area contributed by atoms with E-state index in [1.807, 2.05) is 11.3 Å². The van der Waals surface area contributed by atoms with Crippen LogP contribution in [0.1, 0.15) is 18.4 Å². The summed E-state index contributed by atoms with van der Waals surface area (Å²) in [5.41, 5.74) is 14.6. The largest absolute Gasteiger partial charge is 0.310 e. The van der Waals surface area contributed by atoms with Crippen molar-refractivity contribution in [3.63, 3.8) is 0 Å². The number of para-hydroxylation sites is 1. The fraction of sp³-hybridized carbons (Fsp3) is 0.0357. The zero-order valence-electron chi connectivity index (χ0n) is 32.3. The number of hydrogen-bond donors (Lipinski definition) is 0. The molecule has 3 heterocycles. The van der Waals surface area contributed by atoms with Crippen LogP contribution in [0.3, 0.4) is 0 Å². The lowest BCUT2D eigenvalue weighted by Gasteiger charge is -2.11. The third-order valence-corrected chi connectivity index (χ3v) is 13.4. The van der Waals surface area contributed by atoms with Gasteiger partial charge >= 0.3 is 0 Å². The Morgan fingerprint density at radius 2 is 1.03 bits per heavy atom. The molecule has 0 saturated heterocycles. The SMILES string of the molecule is C1=CCC=C(c2cccc(-n3c4ccccc4c4cc(-c5ccc6c(c5)c5cc(-c7cccc8c7sc7ccccc78)ccc5n6C5=CCC=CC=C5)ccc43)c2)C=C1. The fourth-order valence-electron chi connectivity index (χ4n) is 9.41. The van der Waals surface area contributed by atoms with Crippen LogP contribution in [-0.2, 0) is 0 Å². The number of thiophene rings is 1. The summed E-state index contributed by atoms with van der Waals surface area (Å²) in [5.74, 6) is 0. The van der Waals surface area contributed by atoms with Crippen LogP contribution >= 0.6 is 11.3 Å². The number of allylic oxidation sites excluding steroid dienone is 12. The normalized spacial score (nSPS) is 14.2. The Hall–Kier alpha value is -7.20. The van der Waals surface area contributed by atoms with Crippen molar-refractivity contribution >= 4 is 86.4 Å². The third-order valence-electron chi connectivity index (χ3n) is 12.2. The standard InChI is InChI=1S/C56H38N2S/c1-2-6-16-37(15-5-1)38-17-13-20-43(33-38)58-51-25-11-9-21-45(51)48-34-39(27-30-52(48)58)40-28-31-53-49(35-40)50-36-41(29-32-54(50)57(53)42-18-7-3-4-8-19-42)44-23-14-24-47-46-22-10-12-26-55(46)59-56(44)47/h1-5,7,9-36H,6,8H2. The van der Waals surface area contributed by atoms with Crippen molar-refractivity contribution < 1.29 is 0 Å². The first-order valence-electron chi connectivity index (χ1n) is 20.5. The van der Waals surface area contributed by atoms with Crippen LogP contribution in [0.15, 0.2) is 206 Å². The number of benzene rings is 7. The molecule has 2 nitrogen and oxygen atoms in total. The van der Waals surface area contributed by atoms with Crippen LogP contribution in [0.5, 0.6) is 0 Å². The van der Waals surface area contributed by atoms with Gasteiger partial charge in [0.1, 0.15) is 0 Å². The average Bonchev–Trinajstić information content (AvgIpc) is 3.71. The smallest absolute Gasteiger partial charge is 0.0541 e. The van der Waals surface area contributed by atoms with Gasteiger partial charge in [-0.1, -0.05) is 140 Å². The molecule has 0 spiro atoms. The van der Waals surface area contributed by atoms with E-state index < -0.39 is 0 Å². The lowest BCUT2D eigenvalue weighted by Crippen LogP contribution is -1.95.